The number of benzene rings is 2. The number of hydrogen-bond donors (Lipinski definition) is 1. The van der Waals surface area contributed by atoms with Gasteiger partial charge in [0, 0.05) is 23.7 Å². The number of nitrogens with zero attached hydrogens (tertiary/aromatic N) is 1. The Labute approximate surface area is 187 Å². The van der Waals surface area contributed by atoms with Crippen molar-refractivity contribution in [3.63, 3.8) is 0 Å². The average Bonchev–Trinajstić information content (AvgIpc) is 3.32. The average molecular weight is 475 g/mol. The Kier molecular flexibility index (Phi) is 6.14. The van der Waals surface area contributed by atoms with Crippen LogP contribution in [0.25, 0.3) is 22.4 Å². The number of alkyl halides is 3. The van der Waals surface area contributed by atoms with E-state index in [4.69, 9.17) is 0 Å². The van der Waals surface area contributed by atoms with Gasteiger partial charge in [-0.05, 0) is 58.5 Å². The monoisotopic (exact) mass is 474 g/mol. The highest BCUT2D eigenvalue weighted by Gasteiger charge is 2.30. The van der Waals surface area contributed by atoms with Gasteiger partial charge in [0.2, 0.25) is 10.0 Å². The van der Waals surface area contributed by atoms with Crippen molar-refractivity contribution in [2.45, 2.75) is 17.6 Å². The van der Waals surface area contributed by atoms with Gasteiger partial charge in [0.1, 0.15) is 0 Å². The minimum absolute atomic E-state index is 0.0224. The number of thiophene rings is 1. The minimum atomic E-state index is -4.45. The summed E-state index contributed by atoms with van der Waals surface area (Å²) in [5, 5.41) is 3.86. The molecule has 2 aromatic heterocycles. The maximum Gasteiger partial charge on any atom is 0.416 e. The highest BCUT2D eigenvalue weighted by atomic mass is 32.2. The summed E-state index contributed by atoms with van der Waals surface area (Å²) in [6.45, 7) is 0.0523. The van der Waals surface area contributed by atoms with E-state index in [1.165, 1.54) is 41.7 Å². The van der Waals surface area contributed by atoms with Gasteiger partial charge in [-0.3, -0.25) is 4.98 Å². The van der Waals surface area contributed by atoms with Crippen LogP contribution in [0.3, 0.4) is 0 Å². The number of hydrogen-bond acceptors (Lipinski definition) is 4. The van der Waals surface area contributed by atoms with E-state index in [1.807, 2.05) is 16.8 Å². The SMILES string of the molecule is O=S(=O)(NCc1cccnc1-c1ccsc1)c1ccc(-c2cccc(C(F)(F)F)c2)cc1. The Morgan fingerprint density at radius 1 is 0.906 bits per heavy atom. The largest absolute Gasteiger partial charge is 0.416 e. The Morgan fingerprint density at radius 3 is 2.38 bits per heavy atom. The molecule has 4 rings (SSSR count). The Hall–Kier alpha value is -3.01. The van der Waals surface area contributed by atoms with Gasteiger partial charge in [0.15, 0.2) is 0 Å². The quantitative estimate of drug-likeness (QED) is 0.374. The fourth-order valence-electron chi connectivity index (χ4n) is 3.20. The second-order valence-corrected chi connectivity index (χ2v) is 9.50. The maximum atomic E-state index is 13.0. The summed E-state index contributed by atoms with van der Waals surface area (Å²) < 4.78 is 67.0. The van der Waals surface area contributed by atoms with E-state index in [-0.39, 0.29) is 11.4 Å². The number of pyridine rings is 1. The van der Waals surface area contributed by atoms with Gasteiger partial charge in [0.25, 0.3) is 0 Å². The Morgan fingerprint density at radius 2 is 1.69 bits per heavy atom. The molecule has 32 heavy (non-hydrogen) atoms. The first-order valence-electron chi connectivity index (χ1n) is 9.48. The van der Waals surface area contributed by atoms with Gasteiger partial charge in [0.05, 0.1) is 16.2 Å². The molecular formula is C23H17F3N2O2S2. The van der Waals surface area contributed by atoms with Crippen molar-refractivity contribution in [1.82, 2.24) is 9.71 Å². The summed E-state index contributed by atoms with van der Waals surface area (Å²) in [5.41, 5.74) is 2.43. The molecule has 2 heterocycles. The van der Waals surface area contributed by atoms with Gasteiger partial charge in [-0.2, -0.15) is 24.5 Å². The molecule has 0 saturated heterocycles. The van der Waals surface area contributed by atoms with Gasteiger partial charge in [-0.1, -0.05) is 30.3 Å². The Bertz CT molecular complexity index is 1320. The summed E-state index contributed by atoms with van der Waals surface area (Å²) in [4.78, 5) is 4.38. The normalized spacial score (nSPS) is 12.1. The van der Waals surface area contributed by atoms with Crippen molar-refractivity contribution >= 4 is 21.4 Å². The molecule has 0 bridgehead atoms. The molecule has 2 aromatic carbocycles. The molecule has 0 saturated carbocycles. The van der Waals surface area contributed by atoms with E-state index in [0.29, 0.717) is 16.8 Å². The molecule has 0 fully saturated rings. The fourth-order valence-corrected chi connectivity index (χ4v) is 4.85. The van der Waals surface area contributed by atoms with Crippen LogP contribution in [0.4, 0.5) is 13.2 Å². The highest BCUT2D eigenvalue weighted by Crippen LogP contribution is 2.32. The third kappa shape index (κ3) is 4.90. The zero-order valence-electron chi connectivity index (χ0n) is 16.5. The van der Waals surface area contributed by atoms with Crippen molar-refractivity contribution in [2.24, 2.45) is 0 Å². The van der Waals surface area contributed by atoms with Gasteiger partial charge < -0.3 is 0 Å². The zero-order chi connectivity index (χ0) is 22.8. The number of nitrogens with one attached hydrogen (secondary N) is 1. The first kappa shape index (κ1) is 22.2. The molecule has 9 heteroatoms. The van der Waals surface area contributed by atoms with Crippen LogP contribution in [0, 0.1) is 0 Å². The fraction of sp³-hybridized carbons (Fsp3) is 0.0870. The van der Waals surface area contributed by atoms with Crippen LogP contribution in [-0.4, -0.2) is 13.4 Å². The minimum Gasteiger partial charge on any atom is -0.256 e. The van der Waals surface area contributed by atoms with Crippen molar-refractivity contribution in [3.05, 3.63) is 94.8 Å². The molecule has 0 radical (unpaired) electrons. The van der Waals surface area contributed by atoms with E-state index in [9.17, 15) is 21.6 Å². The van der Waals surface area contributed by atoms with Crippen molar-refractivity contribution < 1.29 is 21.6 Å². The van der Waals surface area contributed by atoms with E-state index in [0.717, 1.165) is 23.3 Å². The molecule has 0 unspecified atom stereocenters. The van der Waals surface area contributed by atoms with Crippen molar-refractivity contribution in [2.75, 3.05) is 0 Å². The van der Waals surface area contributed by atoms with Crippen LogP contribution >= 0.6 is 11.3 Å². The summed E-state index contributed by atoms with van der Waals surface area (Å²) in [6.07, 6.45) is -2.80. The molecular weight excluding hydrogens is 457 g/mol. The van der Waals surface area contributed by atoms with Crippen LogP contribution in [0.2, 0.25) is 0 Å². The lowest BCUT2D eigenvalue weighted by molar-refractivity contribution is -0.137. The smallest absolute Gasteiger partial charge is 0.256 e. The molecule has 0 amide bonds. The molecule has 0 spiro atoms. The standard InChI is InChI=1S/C23H17F3N2O2S2/c24-23(25,26)20-5-1-3-17(13-20)16-6-8-21(9-7-16)32(29,30)28-14-18-4-2-11-27-22(18)19-10-12-31-15-19/h1-13,15,28H,14H2. The third-order valence-corrected chi connectivity index (χ3v) is 6.93. The molecule has 0 aliphatic heterocycles. The van der Waals surface area contributed by atoms with Crippen LogP contribution in [-0.2, 0) is 22.7 Å². The van der Waals surface area contributed by atoms with Gasteiger partial charge in [-0.25, -0.2) is 13.1 Å². The lowest BCUT2D eigenvalue weighted by atomic mass is 10.0. The summed E-state index contributed by atoms with van der Waals surface area (Å²) in [5.74, 6) is 0. The first-order valence-corrected chi connectivity index (χ1v) is 11.9. The van der Waals surface area contributed by atoms with E-state index in [2.05, 4.69) is 9.71 Å². The first-order chi connectivity index (χ1) is 15.2. The van der Waals surface area contributed by atoms with Crippen molar-refractivity contribution in [3.8, 4) is 22.4 Å². The summed E-state index contributed by atoms with van der Waals surface area (Å²) in [7, 11) is -3.83. The predicted molar refractivity (Wildman–Crippen MR) is 118 cm³/mol. The molecule has 1 N–H and O–H groups in total. The van der Waals surface area contributed by atoms with E-state index < -0.39 is 21.8 Å². The van der Waals surface area contributed by atoms with Gasteiger partial charge >= 0.3 is 6.18 Å². The lowest BCUT2D eigenvalue weighted by Crippen LogP contribution is -2.23. The van der Waals surface area contributed by atoms with Crippen LogP contribution < -0.4 is 4.72 Å². The summed E-state index contributed by atoms with van der Waals surface area (Å²) >= 11 is 1.52. The van der Waals surface area contributed by atoms with Crippen LogP contribution in [0.1, 0.15) is 11.1 Å². The highest BCUT2D eigenvalue weighted by molar-refractivity contribution is 7.89. The summed E-state index contributed by atoms with van der Waals surface area (Å²) in [6, 6.07) is 16.1. The molecule has 0 atom stereocenters. The van der Waals surface area contributed by atoms with Gasteiger partial charge in [-0.15, -0.1) is 0 Å². The Balaban J connectivity index is 1.53. The third-order valence-electron chi connectivity index (χ3n) is 4.83. The molecule has 0 aliphatic carbocycles. The lowest BCUT2D eigenvalue weighted by Gasteiger charge is -2.11. The van der Waals surface area contributed by atoms with E-state index in [1.54, 1.807) is 24.4 Å². The number of sulfonamides is 1. The zero-order valence-corrected chi connectivity index (χ0v) is 18.1. The maximum absolute atomic E-state index is 13.0. The topological polar surface area (TPSA) is 59.1 Å². The predicted octanol–water partition coefficient (Wildman–Crippen LogP) is 5.97. The van der Waals surface area contributed by atoms with E-state index >= 15 is 0 Å². The second kappa shape index (κ2) is 8.85. The number of halogens is 3. The number of aromatic nitrogens is 1. The number of rotatable bonds is 6. The molecule has 4 aromatic rings. The second-order valence-electron chi connectivity index (χ2n) is 6.95. The van der Waals surface area contributed by atoms with Crippen LogP contribution in [0.5, 0.6) is 0 Å². The van der Waals surface area contributed by atoms with Crippen LogP contribution in [0.15, 0.2) is 88.6 Å². The molecule has 0 aliphatic rings. The van der Waals surface area contributed by atoms with Crippen molar-refractivity contribution in [1.29, 1.82) is 0 Å². The molecule has 164 valence electrons. The molecule has 4 nitrogen and oxygen atoms in total.